The molecule has 1 aromatic heterocycles. The van der Waals surface area contributed by atoms with Crippen LogP contribution in [0.5, 0.6) is 11.5 Å². The molecule has 2 aromatic carbocycles. The van der Waals surface area contributed by atoms with Gasteiger partial charge in [0.15, 0.2) is 11.5 Å². The number of aliphatic hydroxyl groups excluding tert-OH is 1. The van der Waals surface area contributed by atoms with Gasteiger partial charge in [-0.25, -0.2) is 4.79 Å². The SMILES string of the molecule is O=C(OCCO)Oc1c(-c2ccccc2)sc(-c2ccccc2)c1O. The highest BCUT2D eigenvalue weighted by molar-refractivity contribution is 7.19. The highest BCUT2D eigenvalue weighted by atomic mass is 32.1. The van der Waals surface area contributed by atoms with Crippen LogP contribution in [0.15, 0.2) is 60.7 Å². The van der Waals surface area contributed by atoms with E-state index in [1.54, 1.807) is 0 Å². The van der Waals surface area contributed by atoms with E-state index in [1.807, 2.05) is 60.7 Å². The Labute approximate surface area is 148 Å². The van der Waals surface area contributed by atoms with E-state index in [0.29, 0.717) is 9.75 Å². The van der Waals surface area contributed by atoms with Crippen LogP contribution in [0, 0.1) is 0 Å². The Morgan fingerprint density at radius 3 is 2.04 bits per heavy atom. The quantitative estimate of drug-likeness (QED) is 0.667. The van der Waals surface area contributed by atoms with Crippen LogP contribution in [0.25, 0.3) is 20.9 Å². The summed E-state index contributed by atoms with van der Waals surface area (Å²) in [5.41, 5.74) is 1.63. The van der Waals surface area contributed by atoms with Crippen LogP contribution in [-0.2, 0) is 4.74 Å². The molecule has 1 heterocycles. The number of carbonyl (C=O) groups excluding carboxylic acids is 1. The van der Waals surface area contributed by atoms with Crippen molar-refractivity contribution in [3.05, 3.63) is 60.7 Å². The highest BCUT2D eigenvalue weighted by Crippen LogP contribution is 2.51. The number of ether oxygens (including phenoxy) is 2. The van der Waals surface area contributed by atoms with Crippen molar-refractivity contribution < 1.29 is 24.5 Å². The van der Waals surface area contributed by atoms with Crippen molar-refractivity contribution >= 4 is 17.5 Å². The van der Waals surface area contributed by atoms with Crippen molar-refractivity contribution in [3.63, 3.8) is 0 Å². The average Bonchev–Trinajstić information content (AvgIpc) is 2.98. The van der Waals surface area contributed by atoms with Gasteiger partial charge in [0, 0.05) is 0 Å². The summed E-state index contributed by atoms with van der Waals surface area (Å²) < 4.78 is 9.96. The number of aromatic hydroxyl groups is 1. The molecule has 6 heteroatoms. The van der Waals surface area contributed by atoms with Crippen LogP contribution in [0.4, 0.5) is 4.79 Å². The molecule has 0 aliphatic heterocycles. The molecule has 0 fully saturated rings. The second kappa shape index (κ2) is 7.83. The molecular formula is C19H16O5S. The summed E-state index contributed by atoms with van der Waals surface area (Å²) in [5.74, 6) is -0.0611. The average molecular weight is 356 g/mol. The number of aliphatic hydroxyl groups is 1. The first-order valence-corrected chi connectivity index (χ1v) is 8.44. The predicted octanol–water partition coefficient (Wildman–Crippen LogP) is 4.30. The van der Waals surface area contributed by atoms with Gasteiger partial charge >= 0.3 is 6.16 Å². The summed E-state index contributed by atoms with van der Waals surface area (Å²) in [5, 5.41) is 19.4. The maximum Gasteiger partial charge on any atom is 0.514 e. The molecule has 0 amide bonds. The third-order valence-corrected chi connectivity index (χ3v) is 4.67. The third kappa shape index (κ3) is 3.81. The summed E-state index contributed by atoms with van der Waals surface area (Å²) in [7, 11) is 0. The minimum atomic E-state index is -0.973. The molecule has 0 radical (unpaired) electrons. The van der Waals surface area contributed by atoms with Gasteiger partial charge in [0.05, 0.1) is 16.4 Å². The largest absolute Gasteiger partial charge is 0.514 e. The number of rotatable bonds is 5. The van der Waals surface area contributed by atoms with E-state index < -0.39 is 6.16 Å². The molecular weight excluding hydrogens is 340 g/mol. The number of hydrogen-bond donors (Lipinski definition) is 2. The molecule has 0 spiro atoms. The van der Waals surface area contributed by atoms with E-state index in [2.05, 4.69) is 0 Å². The van der Waals surface area contributed by atoms with E-state index in [0.717, 1.165) is 11.1 Å². The Kier molecular flexibility index (Phi) is 5.33. The lowest BCUT2D eigenvalue weighted by atomic mass is 10.1. The van der Waals surface area contributed by atoms with Gasteiger partial charge in [-0.15, -0.1) is 11.3 Å². The van der Waals surface area contributed by atoms with Crippen LogP contribution < -0.4 is 4.74 Å². The van der Waals surface area contributed by atoms with Gasteiger partial charge in [-0.2, -0.15) is 0 Å². The minimum absolute atomic E-state index is 0.0537. The molecule has 0 saturated carbocycles. The first-order chi connectivity index (χ1) is 12.2. The summed E-state index contributed by atoms with van der Waals surface area (Å²) in [6, 6.07) is 18.7. The smallest absolute Gasteiger partial charge is 0.503 e. The lowest BCUT2D eigenvalue weighted by Crippen LogP contribution is -2.13. The van der Waals surface area contributed by atoms with Gasteiger partial charge in [-0.3, -0.25) is 0 Å². The molecule has 3 aromatic rings. The van der Waals surface area contributed by atoms with Gasteiger partial charge in [0.2, 0.25) is 0 Å². The van der Waals surface area contributed by atoms with Crippen LogP contribution in [0.3, 0.4) is 0 Å². The maximum atomic E-state index is 11.8. The molecule has 0 aliphatic carbocycles. The zero-order valence-corrected chi connectivity index (χ0v) is 14.0. The normalized spacial score (nSPS) is 10.4. The molecule has 0 unspecified atom stereocenters. The minimum Gasteiger partial charge on any atom is -0.503 e. The van der Waals surface area contributed by atoms with Gasteiger partial charge in [-0.1, -0.05) is 60.7 Å². The van der Waals surface area contributed by atoms with Crippen molar-refractivity contribution in [2.24, 2.45) is 0 Å². The van der Waals surface area contributed by atoms with Crippen LogP contribution in [-0.4, -0.2) is 29.6 Å². The zero-order valence-electron chi connectivity index (χ0n) is 13.2. The van der Waals surface area contributed by atoms with Crippen LogP contribution >= 0.6 is 11.3 Å². The molecule has 0 atom stereocenters. The zero-order chi connectivity index (χ0) is 17.6. The lowest BCUT2D eigenvalue weighted by molar-refractivity contribution is 0.0802. The molecule has 25 heavy (non-hydrogen) atoms. The fraction of sp³-hybridized carbons (Fsp3) is 0.105. The van der Waals surface area contributed by atoms with Crippen LogP contribution in [0.2, 0.25) is 0 Å². The fourth-order valence-corrected chi connectivity index (χ4v) is 3.44. The molecule has 3 rings (SSSR count). The molecule has 0 aliphatic rings. The van der Waals surface area contributed by atoms with Crippen molar-refractivity contribution in [1.82, 2.24) is 0 Å². The Bertz CT molecular complexity index is 843. The Morgan fingerprint density at radius 2 is 1.48 bits per heavy atom. The van der Waals surface area contributed by atoms with Crippen molar-refractivity contribution in [3.8, 4) is 32.4 Å². The number of hydrogen-bond acceptors (Lipinski definition) is 6. The molecule has 128 valence electrons. The van der Waals surface area contributed by atoms with Crippen LogP contribution in [0.1, 0.15) is 0 Å². The monoisotopic (exact) mass is 356 g/mol. The predicted molar refractivity (Wildman–Crippen MR) is 95.9 cm³/mol. The van der Waals surface area contributed by atoms with Gasteiger partial charge < -0.3 is 19.7 Å². The first kappa shape index (κ1) is 17.0. The highest BCUT2D eigenvalue weighted by Gasteiger charge is 2.24. The van der Waals surface area contributed by atoms with E-state index in [1.165, 1.54) is 11.3 Å². The molecule has 2 N–H and O–H groups in total. The van der Waals surface area contributed by atoms with Gasteiger partial charge in [0.25, 0.3) is 0 Å². The number of thiophene rings is 1. The molecule has 0 saturated heterocycles. The van der Waals surface area contributed by atoms with Gasteiger partial charge in [-0.05, 0) is 11.1 Å². The van der Waals surface area contributed by atoms with E-state index in [9.17, 15) is 9.90 Å². The summed E-state index contributed by atoms with van der Waals surface area (Å²) >= 11 is 1.33. The van der Waals surface area contributed by atoms with E-state index in [-0.39, 0.29) is 24.7 Å². The Morgan fingerprint density at radius 1 is 0.920 bits per heavy atom. The van der Waals surface area contributed by atoms with Crippen molar-refractivity contribution in [2.75, 3.05) is 13.2 Å². The molecule has 0 bridgehead atoms. The molecule has 5 nitrogen and oxygen atoms in total. The Hall–Kier alpha value is -2.83. The topological polar surface area (TPSA) is 76.0 Å². The van der Waals surface area contributed by atoms with E-state index in [4.69, 9.17) is 14.6 Å². The summed E-state index contributed by atoms with van der Waals surface area (Å²) in [6.45, 7) is -0.471. The maximum absolute atomic E-state index is 11.8. The second-order valence-corrected chi connectivity index (χ2v) is 6.11. The van der Waals surface area contributed by atoms with E-state index >= 15 is 0 Å². The summed E-state index contributed by atoms with van der Waals surface area (Å²) in [6.07, 6.45) is -0.973. The van der Waals surface area contributed by atoms with Gasteiger partial charge in [0.1, 0.15) is 6.61 Å². The first-order valence-electron chi connectivity index (χ1n) is 7.62. The lowest BCUT2D eigenvalue weighted by Gasteiger charge is -2.06. The summed E-state index contributed by atoms with van der Waals surface area (Å²) in [4.78, 5) is 13.0. The fourth-order valence-electron chi connectivity index (χ4n) is 2.31. The standard InChI is InChI=1S/C19H16O5S/c20-11-12-23-19(22)24-16-15(21)17(13-7-3-1-4-8-13)25-18(16)14-9-5-2-6-10-14/h1-10,20-21H,11-12H2. The third-order valence-electron chi connectivity index (χ3n) is 3.41. The number of carbonyl (C=O) groups is 1. The Balaban J connectivity index is 2.04. The van der Waals surface area contributed by atoms with Crippen molar-refractivity contribution in [2.45, 2.75) is 0 Å². The second-order valence-electron chi connectivity index (χ2n) is 5.09. The number of benzene rings is 2. The van der Waals surface area contributed by atoms with Crippen molar-refractivity contribution in [1.29, 1.82) is 0 Å².